The van der Waals surface area contributed by atoms with Crippen molar-refractivity contribution in [3.05, 3.63) is 0 Å². The van der Waals surface area contributed by atoms with Gasteiger partial charge in [0.25, 0.3) is 0 Å². The van der Waals surface area contributed by atoms with Crippen LogP contribution in [0.5, 0.6) is 0 Å². The van der Waals surface area contributed by atoms with Crippen molar-refractivity contribution in [1.29, 1.82) is 0 Å². The summed E-state index contributed by atoms with van der Waals surface area (Å²) in [5.41, 5.74) is 0.227. The van der Waals surface area contributed by atoms with E-state index in [0.29, 0.717) is 18.2 Å². The van der Waals surface area contributed by atoms with E-state index in [0.717, 1.165) is 19.6 Å². The van der Waals surface area contributed by atoms with Crippen LogP contribution in [0.3, 0.4) is 0 Å². The van der Waals surface area contributed by atoms with Crippen LogP contribution in [0.2, 0.25) is 0 Å². The summed E-state index contributed by atoms with van der Waals surface area (Å²) in [7, 11) is 0. The zero-order valence-corrected chi connectivity index (χ0v) is 12.4. The maximum Gasteiger partial charge on any atom is 0.0678 e. The molecule has 0 aliphatic carbocycles. The van der Waals surface area contributed by atoms with Gasteiger partial charge in [0.1, 0.15) is 0 Å². The van der Waals surface area contributed by atoms with Crippen molar-refractivity contribution >= 4 is 0 Å². The Bertz CT molecular complexity index is 215. The number of nitrogens with zero attached hydrogens (tertiary/aromatic N) is 1. The minimum atomic E-state index is 0.227. The highest BCUT2D eigenvalue weighted by Crippen LogP contribution is 2.15. The molecule has 0 aromatic rings. The smallest absolute Gasteiger partial charge is 0.0678 e. The van der Waals surface area contributed by atoms with Crippen LogP contribution in [-0.2, 0) is 4.74 Å². The Balaban J connectivity index is 2.29. The molecule has 0 radical (unpaired) electrons. The van der Waals surface area contributed by atoms with Crippen molar-refractivity contribution in [2.24, 2.45) is 0 Å². The lowest BCUT2D eigenvalue weighted by molar-refractivity contribution is -0.0791. The Morgan fingerprint density at radius 3 is 2.24 bits per heavy atom. The topological polar surface area (TPSA) is 24.5 Å². The molecule has 1 heterocycles. The van der Waals surface area contributed by atoms with Gasteiger partial charge in [-0.1, -0.05) is 0 Å². The summed E-state index contributed by atoms with van der Waals surface area (Å²) in [6.45, 7) is 16.6. The van der Waals surface area contributed by atoms with Gasteiger partial charge in [-0.15, -0.1) is 0 Å². The lowest BCUT2D eigenvalue weighted by Crippen LogP contribution is -2.50. The van der Waals surface area contributed by atoms with E-state index in [1.165, 1.54) is 6.42 Å². The second kappa shape index (κ2) is 6.17. The molecule has 1 aliphatic heterocycles. The first-order valence-corrected chi connectivity index (χ1v) is 6.92. The first-order chi connectivity index (χ1) is 7.78. The Kier molecular flexibility index (Phi) is 5.42. The molecule has 0 aromatic heterocycles. The molecule has 1 aliphatic rings. The van der Waals surface area contributed by atoms with E-state index >= 15 is 0 Å². The highest BCUT2D eigenvalue weighted by Gasteiger charge is 2.25. The zero-order valence-electron chi connectivity index (χ0n) is 12.4. The monoisotopic (exact) mass is 242 g/mol. The summed E-state index contributed by atoms with van der Waals surface area (Å²) < 4.78 is 5.77. The number of rotatable bonds is 4. The third-order valence-electron chi connectivity index (χ3n) is 3.29. The molecular formula is C14H30N2O. The van der Waals surface area contributed by atoms with Gasteiger partial charge in [0.05, 0.1) is 12.2 Å². The minimum absolute atomic E-state index is 0.227. The molecule has 1 saturated heterocycles. The normalized spacial score (nSPS) is 29.3. The molecular weight excluding hydrogens is 212 g/mol. The van der Waals surface area contributed by atoms with Crippen molar-refractivity contribution < 1.29 is 4.74 Å². The molecule has 3 atom stereocenters. The molecule has 1 fully saturated rings. The molecule has 0 saturated carbocycles. The van der Waals surface area contributed by atoms with Crippen LogP contribution in [0, 0.1) is 0 Å². The van der Waals surface area contributed by atoms with E-state index in [9.17, 15) is 0 Å². The lowest BCUT2D eigenvalue weighted by atomic mass is 10.1. The maximum absolute atomic E-state index is 5.77. The van der Waals surface area contributed by atoms with Crippen LogP contribution in [-0.4, -0.2) is 48.3 Å². The molecule has 102 valence electrons. The second-order valence-corrected chi connectivity index (χ2v) is 6.53. The van der Waals surface area contributed by atoms with Crippen LogP contribution < -0.4 is 5.32 Å². The quantitative estimate of drug-likeness (QED) is 0.818. The molecule has 1 rings (SSSR count). The predicted molar refractivity (Wildman–Crippen MR) is 73.4 cm³/mol. The van der Waals surface area contributed by atoms with Gasteiger partial charge in [0.15, 0.2) is 0 Å². The minimum Gasteiger partial charge on any atom is -0.373 e. The van der Waals surface area contributed by atoms with E-state index in [-0.39, 0.29) is 5.54 Å². The number of hydrogen-bond donors (Lipinski definition) is 1. The summed E-state index contributed by atoms with van der Waals surface area (Å²) in [6.07, 6.45) is 1.95. The third-order valence-corrected chi connectivity index (χ3v) is 3.29. The van der Waals surface area contributed by atoms with Gasteiger partial charge in [0.2, 0.25) is 0 Å². The van der Waals surface area contributed by atoms with E-state index in [1.54, 1.807) is 0 Å². The zero-order chi connectivity index (χ0) is 13.1. The van der Waals surface area contributed by atoms with Crippen molar-refractivity contribution in [2.75, 3.05) is 19.6 Å². The number of ether oxygens (including phenoxy) is 1. The van der Waals surface area contributed by atoms with Crippen LogP contribution in [0.15, 0.2) is 0 Å². The molecule has 0 aromatic carbocycles. The first-order valence-electron chi connectivity index (χ1n) is 6.92. The third kappa shape index (κ3) is 5.84. The molecule has 1 unspecified atom stereocenters. The average molecular weight is 242 g/mol. The predicted octanol–water partition coefficient (Wildman–Crippen LogP) is 2.26. The fourth-order valence-electron chi connectivity index (χ4n) is 2.42. The van der Waals surface area contributed by atoms with Gasteiger partial charge in [0, 0.05) is 24.7 Å². The number of nitrogens with one attached hydrogen (secondary N) is 1. The van der Waals surface area contributed by atoms with Crippen LogP contribution in [0.25, 0.3) is 0 Å². The largest absolute Gasteiger partial charge is 0.373 e. The van der Waals surface area contributed by atoms with Gasteiger partial charge < -0.3 is 10.1 Å². The van der Waals surface area contributed by atoms with E-state index in [2.05, 4.69) is 51.8 Å². The van der Waals surface area contributed by atoms with Gasteiger partial charge in [-0.2, -0.15) is 0 Å². The van der Waals surface area contributed by atoms with Gasteiger partial charge in [-0.3, -0.25) is 4.90 Å². The van der Waals surface area contributed by atoms with Crippen molar-refractivity contribution in [2.45, 2.75) is 71.8 Å². The fraction of sp³-hybridized carbons (Fsp3) is 1.00. The number of hydrogen-bond acceptors (Lipinski definition) is 3. The van der Waals surface area contributed by atoms with E-state index in [1.807, 2.05) is 0 Å². The number of morpholine rings is 1. The van der Waals surface area contributed by atoms with Crippen LogP contribution in [0.4, 0.5) is 0 Å². The van der Waals surface area contributed by atoms with E-state index in [4.69, 9.17) is 4.74 Å². The van der Waals surface area contributed by atoms with Crippen LogP contribution in [0.1, 0.15) is 48.0 Å². The second-order valence-electron chi connectivity index (χ2n) is 6.53. The van der Waals surface area contributed by atoms with Gasteiger partial charge in [-0.05, 0) is 54.5 Å². The molecule has 3 heteroatoms. The van der Waals surface area contributed by atoms with Crippen LogP contribution >= 0.6 is 0 Å². The summed E-state index contributed by atoms with van der Waals surface area (Å²) in [4.78, 5) is 2.56. The van der Waals surface area contributed by atoms with Gasteiger partial charge in [-0.25, -0.2) is 0 Å². The summed E-state index contributed by atoms with van der Waals surface area (Å²) in [6, 6.07) is 0.638. The molecule has 0 bridgehead atoms. The fourth-order valence-corrected chi connectivity index (χ4v) is 2.42. The summed E-state index contributed by atoms with van der Waals surface area (Å²) in [5.74, 6) is 0. The standard InChI is InChI=1S/C14H30N2O/c1-11(7-8-15-14(4,5)6)16-9-12(2)17-13(3)10-16/h11-13,15H,7-10H2,1-6H3/t11?,12-,13+. The Morgan fingerprint density at radius 2 is 1.76 bits per heavy atom. The van der Waals surface area contributed by atoms with Crippen molar-refractivity contribution in [3.8, 4) is 0 Å². The summed E-state index contributed by atoms with van der Waals surface area (Å²) in [5, 5.41) is 3.56. The molecule has 17 heavy (non-hydrogen) atoms. The highest BCUT2D eigenvalue weighted by atomic mass is 16.5. The molecule has 3 nitrogen and oxygen atoms in total. The molecule has 1 N–H and O–H groups in total. The first kappa shape index (κ1) is 14.9. The maximum atomic E-state index is 5.77. The molecule has 0 spiro atoms. The van der Waals surface area contributed by atoms with Crippen molar-refractivity contribution in [3.63, 3.8) is 0 Å². The Labute approximate surface area is 107 Å². The highest BCUT2D eigenvalue weighted by molar-refractivity contribution is 4.79. The summed E-state index contributed by atoms with van der Waals surface area (Å²) >= 11 is 0. The van der Waals surface area contributed by atoms with Crippen molar-refractivity contribution in [1.82, 2.24) is 10.2 Å². The van der Waals surface area contributed by atoms with E-state index < -0.39 is 0 Å². The lowest BCUT2D eigenvalue weighted by Gasteiger charge is -2.39. The SMILES string of the molecule is CC(CCNC(C)(C)C)N1C[C@@H](C)O[C@@H](C)C1. The van der Waals surface area contributed by atoms with Gasteiger partial charge >= 0.3 is 0 Å². The molecule has 0 amide bonds. The Hall–Kier alpha value is -0.120. The Morgan fingerprint density at radius 1 is 1.24 bits per heavy atom. The average Bonchev–Trinajstić information content (AvgIpc) is 2.13.